The standard InChI is InChI=1S/C34H39N7O/c1-22-26(8-7-9-27(22)32-37-28-12-10-24(34(2,3)4)19-29(28)38-32)23-18-30(33(42)40(6)21-23)36-31-13-11-25(20-35-31)41-16-14-39(5)15-17-41/h7-13,18-21H,14-17H2,1-6H3,(H,35,36)(H,37,38). The molecule has 1 fully saturated rings. The highest BCUT2D eigenvalue weighted by Crippen LogP contribution is 2.33. The maximum absolute atomic E-state index is 13.1. The summed E-state index contributed by atoms with van der Waals surface area (Å²) < 4.78 is 1.62. The summed E-state index contributed by atoms with van der Waals surface area (Å²) in [5.41, 5.74) is 8.89. The van der Waals surface area contributed by atoms with Crippen LogP contribution in [0.5, 0.6) is 0 Å². The second kappa shape index (κ2) is 10.8. The summed E-state index contributed by atoms with van der Waals surface area (Å²) in [5.74, 6) is 1.48. The lowest BCUT2D eigenvalue weighted by molar-refractivity contribution is 0.313. The van der Waals surface area contributed by atoms with Gasteiger partial charge in [-0.25, -0.2) is 9.97 Å². The Hall–Kier alpha value is -4.43. The lowest BCUT2D eigenvalue weighted by Gasteiger charge is -2.33. The average molecular weight is 562 g/mol. The van der Waals surface area contributed by atoms with Gasteiger partial charge in [-0.15, -0.1) is 0 Å². The minimum atomic E-state index is -0.107. The molecule has 1 aliphatic heterocycles. The van der Waals surface area contributed by atoms with Crippen molar-refractivity contribution in [2.75, 3.05) is 43.4 Å². The monoisotopic (exact) mass is 561 g/mol. The molecule has 1 saturated heterocycles. The van der Waals surface area contributed by atoms with Gasteiger partial charge in [0.05, 0.1) is 22.9 Å². The predicted octanol–water partition coefficient (Wildman–Crippen LogP) is 6.09. The summed E-state index contributed by atoms with van der Waals surface area (Å²) >= 11 is 0. The number of imidazole rings is 1. The van der Waals surface area contributed by atoms with Crippen LogP contribution in [-0.4, -0.2) is 57.6 Å². The fraction of sp³-hybridized carbons (Fsp3) is 0.324. The van der Waals surface area contributed by atoms with Gasteiger partial charge in [0, 0.05) is 50.6 Å². The quantitative estimate of drug-likeness (QED) is 0.270. The van der Waals surface area contributed by atoms with Crippen LogP contribution in [0.1, 0.15) is 31.9 Å². The molecule has 1 aliphatic rings. The number of aromatic nitrogens is 4. The Kier molecular flexibility index (Phi) is 7.10. The number of hydrogen-bond acceptors (Lipinski definition) is 6. The number of benzene rings is 2. The molecule has 8 nitrogen and oxygen atoms in total. The first-order valence-electron chi connectivity index (χ1n) is 14.5. The number of rotatable bonds is 5. The van der Waals surface area contributed by atoms with Crippen LogP contribution in [0.3, 0.4) is 0 Å². The van der Waals surface area contributed by atoms with Gasteiger partial charge < -0.3 is 24.7 Å². The molecule has 0 spiro atoms. The Labute approximate surface area is 247 Å². The van der Waals surface area contributed by atoms with Gasteiger partial charge in [-0.3, -0.25) is 4.79 Å². The lowest BCUT2D eigenvalue weighted by Crippen LogP contribution is -2.44. The van der Waals surface area contributed by atoms with E-state index in [2.05, 4.69) is 96.2 Å². The summed E-state index contributed by atoms with van der Waals surface area (Å²) in [4.78, 5) is 30.9. The summed E-state index contributed by atoms with van der Waals surface area (Å²) in [7, 11) is 3.93. The van der Waals surface area contributed by atoms with E-state index in [9.17, 15) is 4.79 Å². The van der Waals surface area contributed by atoms with Crippen molar-refractivity contribution in [2.24, 2.45) is 7.05 Å². The highest BCUT2D eigenvalue weighted by atomic mass is 16.1. The average Bonchev–Trinajstić information content (AvgIpc) is 3.39. The number of nitrogens with zero attached hydrogens (tertiary/aromatic N) is 5. The van der Waals surface area contributed by atoms with Crippen molar-refractivity contribution < 1.29 is 0 Å². The predicted molar refractivity (Wildman–Crippen MR) is 173 cm³/mol. The first-order chi connectivity index (χ1) is 20.1. The Bertz CT molecular complexity index is 1800. The van der Waals surface area contributed by atoms with Crippen molar-refractivity contribution in [1.82, 2.24) is 24.4 Å². The fourth-order valence-electron chi connectivity index (χ4n) is 5.61. The number of aromatic amines is 1. The number of aryl methyl sites for hydroxylation is 1. The van der Waals surface area contributed by atoms with E-state index in [1.165, 1.54) is 5.56 Å². The third kappa shape index (κ3) is 5.42. The maximum atomic E-state index is 13.1. The van der Waals surface area contributed by atoms with Crippen LogP contribution in [0.15, 0.2) is 71.8 Å². The molecule has 216 valence electrons. The molecule has 8 heteroatoms. The van der Waals surface area contributed by atoms with E-state index in [-0.39, 0.29) is 11.0 Å². The zero-order valence-corrected chi connectivity index (χ0v) is 25.3. The Morgan fingerprint density at radius 3 is 2.40 bits per heavy atom. The molecule has 0 bridgehead atoms. The van der Waals surface area contributed by atoms with Crippen LogP contribution in [0, 0.1) is 6.92 Å². The number of hydrogen-bond donors (Lipinski definition) is 2. The molecule has 6 rings (SSSR count). The Balaban J connectivity index is 1.30. The molecule has 2 N–H and O–H groups in total. The minimum absolute atomic E-state index is 0.0620. The summed E-state index contributed by atoms with van der Waals surface area (Å²) in [6.07, 6.45) is 3.77. The third-order valence-corrected chi connectivity index (χ3v) is 8.31. The van der Waals surface area contributed by atoms with Crippen LogP contribution in [-0.2, 0) is 12.5 Å². The summed E-state index contributed by atoms with van der Waals surface area (Å²) in [5, 5.41) is 3.27. The van der Waals surface area contributed by atoms with Crippen molar-refractivity contribution in [3.8, 4) is 22.5 Å². The van der Waals surface area contributed by atoms with E-state index in [0.29, 0.717) is 11.5 Å². The topological polar surface area (TPSA) is 82.1 Å². The van der Waals surface area contributed by atoms with E-state index in [1.54, 1.807) is 11.6 Å². The molecule has 0 radical (unpaired) electrons. The van der Waals surface area contributed by atoms with Crippen molar-refractivity contribution in [1.29, 1.82) is 0 Å². The van der Waals surface area contributed by atoms with Crippen molar-refractivity contribution in [3.63, 3.8) is 0 Å². The molecule has 42 heavy (non-hydrogen) atoms. The number of pyridine rings is 2. The number of fused-ring (bicyclic) bond motifs is 1. The van der Waals surface area contributed by atoms with Gasteiger partial charge in [-0.1, -0.05) is 45.0 Å². The number of likely N-dealkylation sites (N-methyl/N-ethyl adjacent to an activating group) is 1. The Morgan fingerprint density at radius 2 is 1.69 bits per heavy atom. The van der Waals surface area contributed by atoms with Crippen molar-refractivity contribution >= 4 is 28.2 Å². The lowest BCUT2D eigenvalue weighted by atomic mass is 9.87. The first-order valence-corrected chi connectivity index (χ1v) is 14.5. The van der Waals surface area contributed by atoms with Gasteiger partial charge in [0.2, 0.25) is 0 Å². The zero-order chi connectivity index (χ0) is 29.6. The SMILES string of the molecule is Cc1c(-c2cc(Nc3ccc(N4CCN(C)CC4)cn3)c(=O)n(C)c2)cccc1-c1nc2ccc(C(C)(C)C)cc2[nH]1. The van der Waals surface area contributed by atoms with E-state index in [0.717, 1.165) is 71.0 Å². The highest BCUT2D eigenvalue weighted by Gasteiger charge is 2.18. The van der Waals surface area contributed by atoms with Crippen molar-refractivity contribution in [3.05, 3.63) is 88.5 Å². The van der Waals surface area contributed by atoms with Crippen LogP contribution < -0.4 is 15.8 Å². The largest absolute Gasteiger partial charge is 0.368 e. The van der Waals surface area contributed by atoms with Gasteiger partial charge in [-0.2, -0.15) is 0 Å². The second-order valence-electron chi connectivity index (χ2n) is 12.4. The first kappa shape index (κ1) is 27.7. The molecule has 0 aliphatic carbocycles. The molecule has 2 aromatic carbocycles. The number of anilines is 3. The van der Waals surface area contributed by atoms with E-state index >= 15 is 0 Å². The summed E-state index contributed by atoms with van der Waals surface area (Å²) in [6, 6.07) is 18.6. The van der Waals surface area contributed by atoms with Gasteiger partial charge >= 0.3 is 0 Å². The molecule has 0 atom stereocenters. The van der Waals surface area contributed by atoms with Crippen molar-refractivity contribution in [2.45, 2.75) is 33.1 Å². The normalized spacial score (nSPS) is 14.5. The smallest absolute Gasteiger partial charge is 0.274 e. The molecular weight excluding hydrogens is 522 g/mol. The van der Waals surface area contributed by atoms with Crippen LogP contribution in [0.25, 0.3) is 33.5 Å². The molecule has 0 amide bonds. The molecule has 4 heterocycles. The molecule has 3 aromatic heterocycles. The highest BCUT2D eigenvalue weighted by molar-refractivity contribution is 5.83. The molecule has 5 aromatic rings. The molecular formula is C34H39N7O. The van der Waals surface area contributed by atoms with Crippen LogP contribution in [0.4, 0.5) is 17.2 Å². The van der Waals surface area contributed by atoms with Gasteiger partial charge in [-0.05, 0) is 66.4 Å². The van der Waals surface area contributed by atoms with E-state index in [4.69, 9.17) is 4.98 Å². The van der Waals surface area contributed by atoms with Gasteiger partial charge in [0.1, 0.15) is 17.3 Å². The second-order valence-corrected chi connectivity index (χ2v) is 12.4. The van der Waals surface area contributed by atoms with Crippen LogP contribution in [0.2, 0.25) is 0 Å². The minimum Gasteiger partial charge on any atom is -0.368 e. The number of H-pyrrole nitrogens is 1. The van der Waals surface area contributed by atoms with Gasteiger partial charge in [0.25, 0.3) is 5.56 Å². The third-order valence-electron chi connectivity index (χ3n) is 8.31. The van der Waals surface area contributed by atoms with Crippen LogP contribution >= 0.6 is 0 Å². The zero-order valence-electron chi connectivity index (χ0n) is 25.3. The van der Waals surface area contributed by atoms with E-state index < -0.39 is 0 Å². The fourth-order valence-corrected chi connectivity index (χ4v) is 5.61. The Morgan fingerprint density at radius 1 is 0.929 bits per heavy atom. The molecule has 0 saturated carbocycles. The number of nitrogens with one attached hydrogen (secondary N) is 2. The van der Waals surface area contributed by atoms with Gasteiger partial charge in [0.15, 0.2) is 0 Å². The summed E-state index contributed by atoms with van der Waals surface area (Å²) in [6.45, 7) is 12.8. The maximum Gasteiger partial charge on any atom is 0.274 e. The molecule has 0 unspecified atom stereocenters. The number of piperazine rings is 1. The van der Waals surface area contributed by atoms with E-state index in [1.807, 2.05) is 30.6 Å².